The summed E-state index contributed by atoms with van der Waals surface area (Å²) in [5.41, 5.74) is 2.32. The van der Waals surface area contributed by atoms with E-state index in [2.05, 4.69) is 24.1 Å². The normalized spacial score (nSPS) is 11.2. The summed E-state index contributed by atoms with van der Waals surface area (Å²) < 4.78 is 15.5. The van der Waals surface area contributed by atoms with Gasteiger partial charge in [-0.3, -0.25) is 14.9 Å². The van der Waals surface area contributed by atoms with Crippen LogP contribution in [0.5, 0.6) is 0 Å². The summed E-state index contributed by atoms with van der Waals surface area (Å²) in [7, 11) is 0. The molecule has 0 spiro atoms. The molecule has 0 saturated heterocycles. The zero-order chi connectivity index (χ0) is 22.7. The molecule has 0 unspecified atom stereocenters. The number of halogens is 3. The number of carboxylic acids is 1. The highest BCUT2D eigenvalue weighted by Crippen LogP contribution is 2.29. The first-order valence-electron chi connectivity index (χ1n) is 9.43. The van der Waals surface area contributed by atoms with Crippen molar-refractivity contribution in [2.75, 3.05) is 5.32 Å². The highest BCUT2D eigenvalue weighted by molar-refractivity contribution is 7.19. The number of benzene rings is 1. The molecule has 3 rings (SSSR count). The van der Waals surface area contributed by atoms with Crippen LogP contribution in [0.2, 0.25) is 9.36 Å². The Hall–Kier alpha value is -2.42. The molecule has 0 aliphatic rings. The van der Waals surface area contributed by atoms with Crippen LogP contribution in [0.15, 0.2) is 30.5 Å². The molecule has 6 nitrogen and oxygen atoms in total. The topological polar surface area (TPSA) is 84.2 Å². The van der Waals surface area contributed by atoms with Crippen LogP contribution >= 0.6 is 34.5 Å². The van der Waals surface area contributed by atoms with Gasteiger partial charge in [0.25, 0.3) is 5.91 Å². The zero-order valence-corrected chi connectivity index (χ0v) is 19.1. The summed E-state index contributed by atoms with van der Waals surface area (Å²) in [6, 6.07) is 6.23. The standard InChI is InChI=1S/C21H20Cl2FN3O3S/c1-11(2)5-13-7-17(27(10-13)9-12-3-4-15(24)14(22)6-12)20(30)26-21-25-16(8-18(28)29)19(23)31-21/h3-4,6-7,10-11H,5,8-9H2,1-2H3,(H,28,29)(H,25,26,30). The smallest absolute Gasteiger partial charge is 0.309 e. The van der Waals surface area contributed by atoms with Gasteiger partial charge >= 0.3 is 5.97 Å². The number of carbonyl (C=O) groups excluding carboxylic acids is 1. The monoisotopic (exact) mass is 483 g/mol. The number of carbonyl (C=O) groups is 2. The average molecular weight is 484 g/mol. The van der Waals surface area contributed by atoms with Gasteiger partial charge in [-0.05, 0) is 41.7 Å². The first-order chi connectivity index (χ1) is 14.6. The number of amides is 1. The van der Waals surface area contributed by atoms with Crippen molar-refractivity contribution in [1.29, 1.82) is 0 Å². The van der Waals surface area contributed by atoms with Crippen molar-refractivity contribution >= 4 is 51.5 Å². The van der Waals surface area contributed by atoms with Crippen LogP contribution in [0.3, 0.4) is 0 Å². The third kappa shape index (κ3) is 6.06. The summed E-state index contributed by atoms with van der Waals surface area (Å²) in [6.45, 7) is 4.49. The minimum atomic E-state index is -1.06. The molecule has 10 heteroatoms. The summed E-state index contributed by atoms with van der Waals surface area (Å²) in [5.74, 6) is -1.58. The van der Waals surface area contributed by atoms with Crippen LogP contribution in [0, 0.1) is 11.7 Å². The van der Waals surface area contributed by atoms with Gasteiger partial charge in [0, 0.05) is 12.7 Å². The van der Waals surface area contributed by atoms with Gasteiger partial charge in [-0.15, -0.1) is 0 Å². The van der Waals surface area contributed by atoms with Crippen LogP contribution in [-0.2, 0) is 24.2 Å². The number of hydrogen-bond donors (Lipinski definition) is 2. The molecule has 2 aromatic heterocycles. The molecule has 31 heavy (non-hydrogen) atoms. The Balaban J connectivity index is 1.87. The minimum absolute atomic E-state index is 0.0152. The molecule has 1 amide bonds. The fourth-order valence-corrected chi connectivity index (χ4v) is 4.35. The molecule has 0 fully saturated rings. The summed E-state index contributed by atoms with van der Waals surface area (Å²) in [4.78, 5) is 28.0. The van der Waals surface area contributed by atoms with Crippen molar-refractivity contribution in [1.82, 2.24) is 9.55 Å². The number of anilines is 1. The second kappa shape index (κ2) is 9.80. The first-order valence-corrected chi connectivity index (χ1v) is 11.0. The first kappa shape index (κ1) is 23.2. The van der Waals surface area contributed by atoms with Crippen LogP contribution in [0.1, 0.15) is 41.2 Å². The van der Waals surface area contributed by atoms with E-state index in [9.17, 15) is 14.0 Å². The lowest BCUT2D eigenvalue weighted by Gasteiger charge is -2.09. The van der Waals surface area contributed by atoms with Crippen molar-refractivity contribution in [3.8, 4) is 0 Å². The van der Waals surface area contributed by atoms with E-state index in [1.54, 1.807) is 16.7 Å². The SMILES string of the molecule is CC(C)Cc1cc(C(=O)Nc2nc(CC(=O)O)c(Cl)s2)n(Cc2ccc(F)c(Cl)c2)c1. The van der Waals surface area contributed by atoms with Crippen molar-refractivity contribution in [3.63, 3.8) is 0 Å². The maximum atomic E-state index is 13.5. The third-order valence-corrected chi connectivity index (χ3v) is 5.90. The quantitative estimate of drug-likeness (QED) is 0.441. The van der Waals surface area contributed by atoms with E-state index in [1.807, 2.05) is 6.20 Å². The lowest BCUT2D eigenvalue weighted by molar-refractivity contribution is -0.136. The molecular weight excluding hydrogens is 464 g/mol. The molecule has 0 radical (unpaired) electrons. The van der Waals surface area contributed by atoms with Gasteiger partial charge in [0.15, 0.2) is 5.13 Å². The molecular formula is C21H20Cl2FN3O3S. The van der Waals surface area contributed by atoms with Gasteiger partial charge in [-0.25, -0.2) is 9.37 Å². The van der Waals surface area contributed by atoms with E-state index < -0.39 is 17.7 Å². The summed E-state index contributed by atoms with van der Waals surface area (Å²) in [5, 5.41) is 11.9. The van der Waals surface area contributed by atoms with E-state index in [0.717, 1.165) is 28.9 Å². The maximum absolute atomic E-state index is 13.5. The van der Waals surface area contributed by atoms with E-state index in [-0.39, 0.29) is 26.6 Å². The van der Waals surface area contributed by atoms with Crippen molar-refractivity contribution < 1.29 is 19.1 Å². The molecule has 0 aliphatic carbocycles. The second-order valence-corrected chi connectivity index (χ2v) is 9.48. The van der Waals surface area contributed by atoms with Crippen LogP contribution in [0.25, 0.3) is 0 Å². The van der Waals surface area contributed by atoms with Gasteiger partial charge < -0.3 is 9.67 Å². The number of aliphatic carboxylic acids is 1. The number of nitrogens with one attached hydrogen (secondary N) is 1. The molecule has 1 aromatic carbocycles. The highest BCUT2D eigenvalue weighted by atomic mass is 35.5. The second-order valence-electron chi connectivity index (χ2n) is 7.47. The lowest BCUT2D eigenvalue weighted by atomic mass is 10.1. The van der Waals surface area contributed by atoms with Crippen molar-refractivity contribution in [2.24, 2.45) is 5.92 Å². The average Bonchev–Trinajstić information content (AvgIpc) is 3.20. The number of thiazole rings is 1. The van der Waals surface area contributed by atoms with Gasteiger partial charge in [-0.1, -0.05) is 54.5 Å². The maximum Gasteiger partial charge on any atom is 0.309 e. The number of nitrogens with zero attached hydrogens (tertiary/aromatic N) is 2. The largest absolute Gasteiger partial charge is 0.481 e. The third-order valence-electron chi connectivity index (χ3n) is 4.36. The molecule has 0 aliphatic heterocycles. The molecule has 164 valence electrons. The van der Waals surface area contributed by atoms with Gasteiger partial charge in [-0.2, -0.15) is 0 Å². The highest BCUT2D eigenvalue weighted by Gasteiger charge is 2.19. The van der Waals surface area contributed by atoms with Gasteiger partial charge in [0.2, 0.25) is 0 Å². The van der Waals surface area contributed by atoms with Crippen LogP contribution in [-0.4, -0.2) is 26.5 Å². The lowest BCUT2D eigenvalue weighted by Crippen LogP contribution is -2.17. The Morgan fingerprint density at radius 2 is 2.00 bits per heavy atom. The number of carboxylic acid groups (broad SMARTS) is 1. The predicted molar refractivity (Wildman–Crippen MR) is 120 cm³/mol. The van der Waals surface area contributed by atoms with E-state index >= 15 is 0 Å². The van der Waals surface area contributed by atoms with Gasteiger partial charge in [0.1, 0.15) is 15.8 Å². The predicted octanol–water partition coefficient (Wildman–Crippen LogP) is 5.52. The Labute approximate surface area is 192 Å². The fourth-order valence-electron chi connectivity index (χ4n) is 3.11. The number of hydrogen-bond acceptors (Lipinski definition) is 4. The molecule has 2 N–H and O–H groups in total. The molecule has 2 heterocycles. The molecule has 0 atom stereocenters. The Bertz CT molecular complexity index is 1130. The molecule has 0 saturated carbocycles. The summed E-state index contributed by atoms with van der Waals surface area (Å²) in [6.07, 6.45) is 2.34. The molecule has 0 bridgehead atoms. The van der Waals surface area contributed by atoms with Crippen molar-refractivity contribution in [2.45, 2.75) is 33.2 Å². The Morgan fingerprint density at radius 1 is 1.26 bits per heavy atom. The Morgan fingerprint density at radius 3 is 2.65 bits per heavy atom. The van der Waals surface area contributed by atoms with E-state index in [1.165, 1.54) is 12.1 Å². The Kier molecular flexibility index (Phi) is 7.35. The minimum Gasteiger partial charge on any atom is -0.481 e. The fraction of sp³-hybridized carbons (Fsp3) is 0.286. The number of rotatable bonds is 8. The molecule has 3 aromatic rings. The zero-order valence-electron chi connectivity index (χ0n) is 16.8. The summed E-state index contributed by atoms with van der Waals surface area (Å²) >= 11 is 12.9. The van der Waals surface area contributed by atoms with E-state index in [0.29, 0.717) is 18.2 Å². The van der Waals surface area contributed by atoms with E-state index in [4.69, 9.17) is 28.3 Å². The van der Waals surface area contributed by atoms with Crippen molar-refractivity contribution in [3.05, 3.63) is 68.2 Å². The van der Waals surface area contributed by atoms with Gasteiger partial charge in [0.05, 0.1) is 17.1 Å². The number of aromatic nitrogens is 2. The van der Waals surface area contributed by atoms with Crippen LogP contribution in [0.4, 0.5) is 9.52 Å². The van der Waals surface area contributed by atoms with Crippen LogP contribution < -0.4 is 5.32 Å².